The molecule has 0 aromatic heterocycles. The molecule has 1 aliphatic heterocycles. The van der Waals surface area contributed by atoms with E-state index in [9.17, 15) is 14.9 Å². The van der Waals surface area contributed by atoms with Crippen molar-refractivity contribution in [1.29, 1.82) is 5.26 Å². The number of anilines is 1. The van der Waals surface area contributed by atoms with Gasteiger partial charge in [-0.2, -0.15) is 5.26 Å². The number of hydrogen-bond acceptors (Lipinski definition) is 6. The molecule has 142 valence electrons. The second kappa shape index (κ2) is 8.77. The lowest BCUT2D eigenvalue weighted by molar-refractivity contribution is -0.148. The minimum absolute atomic E-state index is 0.00394. The average Bonchev–Trinajstić information content (AvgIpc) is 3.05. The van der Waals surface area contributed by atoms with Gasteiger partial charge in [0.25, 0.3) is 0 Å². The molecule has 0 saturated heterocycles. The molecule has 0 unspecified atom stereocenters. The van der Waals surface area contributed by atoms with Gasteiger partial charge in [0.05, 0.1) is 11.6 Å². The van der Waals surface area contributed by atoms with E-state index in [2.05, 4.69) is 0 Å². The Morgan fingerprint density at radius 3 is 2.46 bits per heavy atom. The Morgan fingerprint density at radius 2 is 1.82 bits per heavy atom. The van der Waals surface area contributed by atoms with Crippen LogP contribution in [0.15, 0.2) is 70.1 Å². The minimum atomic E-state index is -0.499. The van der Waals surface area contributed by atoms with Crippen molar-refractivity contribution in [1.82, 2.24) is 0 Å². The topological polar surface area (TPSA) is 70.4 Å². The fourth-order valence-electron chi connectivity index (χ4n) is 3.08. The SMILES string of the molecule is CC[C@H](C(=O)OCC(=O)/C(C#N)=C1\Sc2ccccc2N1C)c1ccccc1. The largest absolute Gasteiger partial charge is 0.457 e. The molecule has 1 atom stereocenters. The number of rotatable bonds is 6. The highest BCUT2D eigenvalue weighted by molar-refractivity contribution is 8.03. The molecule has 0 saturated carbocycles. The average molecular weight is 392 g/mol. The number of para-hydroxylation sites is 1. The number of ether oxygens (including phenoxy) is 1. The van der Waals surface area contributed by atoms with Crippen molar-refractivity contribution in [2.24, 2.45) is 0 Å². The molecule has 2 aromatic rings. The lowest BCUT2D eigenvalue weighted by Gasteiger charge is -2.16. The van der Waals surface area contributed by atoms with E-state index in [1.54, 1.807) is 0 Å². The Bertz CT molecular complexity index is 963. The van der Waals surface area contributed by atoms with Gasteiger partial charge < -0.3 is 9.64 Å². The number of fused-ring (bicyclic) bond motifs is 1. The third kappa shape index (κ3) is 3.95. The molecular weight excluding hydrogens is 372 g/mol. The summed E-state index contributed by atoms with van der Waals surface area (Å²) in [7, 11) is 1.81. The van der Waals surface area contributed by atoms with Crippen LogP contribution in [0, 0.1) is 11.3 Å². The van der Waals surface area contributed by atoms with Gasteiger partial charge in [0.1, 0.15) is 16.7 Å². The summed E-state index contributed by atoms with van der Waals surface area (Å²) in [6.07, 6.45) is 0.567. The standard InChI is InChI=1S/C22H20N2O3S/c1-3-16(15-9-5-4-6-10-15)22(26)27-14-19(25)17(13-23)21-24(2)18-11-7-8-12-20(18)28-21/h4-12,16H,3,14H2,1-2H3/b21-17-/t16-/m0/s1. The Hall–Kier alpha value is -3.04. The third-order valence-electron chi connectivity index (χ3n) is 4.58. The van der Waals surface area contributed by atoms with Gasteiger partial charge in [-0.3, -0.25) is 9.59 Å². The number of ketones is 1. The smallest absolute Gasteiger partial charge is 0.313 e. The van der Waals surface area contributed by atoms with E-state index in [4.69, 9.17) is 4.74 Å². The molecule has 1 heterocycles. The first-order valence-electron chi connectivity index (χ1n) is 8.96. The number of nitrogens with zero attached hydrogens (tertiary/aromatic N) is 2. The molecule has 0 bridgehead atoms. The molecule has 6 heteroatoms. The molecule has 2 aromatic carbocycles. The van der Waals surface area contributed by atoms with Crippen molar-refractivity contribution in [3.8, 4) is 6.07 Å². The second-order valence-electron chi connectivity index (χ2n) is 6.32. The van der Waals surface area contributed by atoms with E-state index in [1.807, 2.05) is 79.5 Å². The fraction of sp³-hybridized carbons (Fsp3) is 0.227. The first-order chi connectivity index (χ1) is 13.6. The van der Waals surface area contributed by atoms with Crippen molar-refractivity contribution < 1.29 is 14.3 Å². The minimum Gasteiger partial charge on any atom is -0.457 e. The van der Waals surface area contributed by atoms with Crippen LogP contribution in [0.4, 0.5) is 5.69 Å². The lowest BCUT2D eigenvalue weighted by Crippen LogP contribution is -2.22. The summed E-state index contributed by atoms with van der Waals surface area (Å²) < 4.78 is 5.26. The first kappa shape index (κ1) is 19.7. The molecule has 3 rings (SSSR count). The van der Waals surface area contributed by atoms with Crippen LogP contribution >= 0.6 is 11.8 Å². The van der Waals surface area contributed by atoms with Crippen molar-refractivity contribution in [3.05, 3.63) is 70.8 Å². The first-order valence-corrected chi connectivity index (χ1v) is 9.78. The Morgan fingerprint density at radius 1 is 1.14 bits per heavy atom. The highest BCUT2D eigenvalue weighted by Gasteiger charge is 2.29. The van der Waals surface area contributed by atoms with Crippen LogP contribution in [0.1, 0.15) is 24.8 Å². The van der Waals surface area contributed by atoms with Crippen LogP contribution in [0.3, 0.4) is 0 Å². The molecule has 0 spiro atoms. The Balaban J connectivity index is 1.72. The number of carbonyl (C=O) groups excluding carboxylic acids is 2. The fourth-order valence-corrected chi connectivity index (χ4v) is 4.25. The van der Waals surface area contributed by atoms with Crippen LogP contribution < -0.4 is 4.90 Å². The number of Topliss-reactive ketones (excluding diaryl/α,β-unsaturated/α-hetero) is 1. The monoisotopic (exact) mass is 392 g/mol. The van der Waals surface area contributed by atoms with Gasteiger partial charge in [0.15, 0.2) is 6.61 Å². The zero-order valence-electron chi connectivity index (χ0n) is 15.7. The molecule has 5 nitrogen and oxygen atoms in total. The molecule has 0 N–H and O–H groups in total. The van der Waals surface area contributed by atoms with Crippen LogP contribution in [0.5, 0.6) is 0 Å². The van der Waals surface area contributed by atoms with Gasteiger partial charge in [0.2, 0.25) is 5.78 Å². The number of carbonyl (C=O) groups is 2. The zero-order chi connectivity index (χ0) is 20.1. The summed E-state index contributed by atoms with van der Waals surface area (Å²) in [5.74, 6) is -1.39. The van der Waals surface area contributed by atoms with Gasteiger partial charge in [-0.15, -0.1) is 0 Å². The van der Waals surface area contributed by atoms with Gasteiger partial charge in [-0.05, 0) is 24.1 Å². The number of thioether (sulfide) groups is 1. The number of esters is 1. The maximum atomic E-state index is 12.6. The Kier molecular flexibility index (Phi) is 6.17. The van der Waals surface area contributed by atoms with Crippen LogP contribution in [-0.2, 0) is 14.3 Å². The summed E-state index contributed by atoms with van der Waals surface area (Å²) in [4.78, 5) is 27.9. The van der Waals surface area contributed by atoms with E-state index < -0.39 is 24.3 Å². The zero-order valence-corrected chi connectivity index (χ0v) is 16.5. The van der Waals surface area contributed by atoms with E-state index in [0.29, 0.717) is 11.4 Å². The van der Waals surface area contributed by atoms with Crippen LogP contribution in [0.2, 0.25) is 0 Å². The predicted molar refractivity (Wildman–Crippen MR) is 109 cm³/mol. The number of benzene rings is 2. The van der Waals surface area contributed by atoms with Gasteiger partial charge in [-0.25, -0.2) is 0 Å². The van der Waals surface area contributed by atoms with Gasteiger partial charge in [-0.1, -0.05) is 61.2 Å². The van der Waals surface area contributed by atoms with Crippen molar-refractivity contribution in [2.75, 3.05) is 18.6 Å². The normalized spacial score (nSPS) is 15.4. The lowest BCUT2D eigenvalue weighted by atomic mass is 9.97. The number of hydrogen-bond donors (Lipinski definition) is 0. The maximum absolute atomic E-state index is 12.6. The molecule has 1 aliphatic rings. The summed E-state index contributed by atoms with van der Waals surface area (Å²) in [5, 5.41) is 10.1. The van der Waals surface area contributed by atoms with E-state index in [1.165, 1.54) is 11.8 Å². The van der Waals surface area contributed by atoms with Gasteiger partial charge >= 0.3 is 5.97 Å². The molecular formula is C22H20N2O3S. The highest BCUT2D eigenvalue weighted by Crippen LogP contribution is 2.46. The van der Waals surface area contributed by atoms with Crippen molar-refractivity contribution >= 4 is 29.2 Å². The van der Waals surface area contributed by atoms with E-state index >= 15 is 0 Å². The highest BCUT2D eigenvalue weighted by atomic mass is 32.2. The summed E-state index contributed by atoms with van der Waals surface area (Å²) in [5.41, 5.74) is 1.79. The summed E-state index contributed by atoms with van der Waals surface area (Å²) in [6, 6.07) is 19.0. The maximum Gasteiger partial charge on any atom is 0.313 e. The second-order valence-corrected chi connectivity index (χ2v) is 7.35. The summed E-state index contributed by atoms with van der Waals surface area (Å²) in [6.45, 7) is 1.45. The molecule has 0 aliphatic carbocycles. The molecule has 28 heavy (non-hydrogen) atoms. The molecule has 0 fully saturated rings. The molecule has 0 amide bonds. The quantitative estimate of drug-likeness (QED) is 0.415. The molecule has 0 radical (unpaired) electrons. The van der Waals surface area contributed by atoms with Crippen molar-refractivity contribution in [2.45, 2.75) is 24.2 Å². The van der Waals surface area contributed by atoms with E-state index in [-0.39, 0.29) is 5.57 Å². The number of nitriles is 1. The van der Waals surface area contributed by atoms with Gasteiger partial charge in [0, 0.05) is 11.9 Å². The predicted octanol–water partition coefficient (Wildman–Crippen LogP) is 4.27. The Labute approximate surface area is 168 Å². The third-order valence-corrected chi connectivity index (χ3v) is 5.82. The van der Waals surface area contributed by atoms with E-state index in [0.717, 1.165) is 16.1 Å². The van der Waals surface area contributed by atoms with Crippen LogP contribution in [0.25, 0.3) is 0 Å². The van der Waals surface area contributed by atoms with Crippen molar-refractivity contribution in [3.63, 3.8) is 0 Å². The summed E-state index contributed by atoms with van der Waals surface area (Å²) >= 11 is 1.37. The van der Waals surface area contributed by atoms with Crippen LogP contribution in [-0.4, -0.2) is 25.4 Å².